The number of fused-ring (bicyclic) bond motifs is 6. The first kappa shape index (κ1) is 25.5. The van der Waals surface area contributed by atoms with E-state index in [-0.39, 0.29) is 5.91 Å². The number of hydrogen-bond acceptors (Lipinski definition) is 4. The summed E-state index contributed by atoms with van der Waals surface area (Å²) in [6.45, 7) is 11.0. The number of carbonyl (C=O) groups excluding carboxylic acids is 1. The van der Waals surface area contributed by atoms with E-state index < -0.39 is 22.7 Å². The second-order valence-corrected chi connectivity index (χ2v) is 19.1. The van der Waals surface area contributed by atoms with Gasteiger partial charge in [0.05, 0.1) is 15.0 Å². The maximum absolute atomic E-state index is 14.2. The van der Waals surface area contributed by atoms with E-state index in [1.54, 1.807) is 0 Å². The smallest absolute Gasteiger partial charge is 0.260 e. The molecule has 198 valence electrons. The Morgan fingerprint density at radius 3 is 2.08 bits per heavy atom. The molecule has 2 aliphatic rings. The number of carbonyl (C=O) groups is 1. The summed E-state index contributed by atoms with van der Waals surface area (Å²) in [4.78, 5) is 16.2. The zero-order valence-corrected chi connectivity index (χ0v) is 25.2. The minimum absolute atomic E-state index is 0.0378. The molecule has 4 aromatic rings. The van der Waals surface area contributed by atoms with Gasteiger partial charge in [0.25, 0.3) is 5.91 Å². The van der Waals surface area contributed by atoms with Crippen molar-refractivity contribution < 1.29 is 18.7 Å². The van der Waals surface area contributed by atoms with Gasteiger partial charge in [-0.2, -0.15) is 0 Å². The van der Waals surface area contributed by atoms with Crippen molar-refractivity contribution in [2.45, 2.75) is 38.3 Å². The van der Waals surface area contributed by atoms with Crippen LogP contribution in [0.2, 0.25) is 32.7 Å². The van der Waals surface area contributed by atoms with Crippen LogP contribution in [0.1, 0.15) is 27.0 Å². The number of nitrogens with zero attached hydrogens (tertiary/aromatic N) is 1. The molecule has 4 aromatic carbocycles. The van der Waals surface area contributed by atoms with E-state index in [1.807, 2.05) is 77.7 Å². The molecule has 1 amide bonds. The van der Waals surface area contributed by atoms with Crippen LogP contribution in [0.3, 0.4) is 0 Å². The predicted molar refractivity (Wildman–Crippen MR) is 161 cm³/mol. The maximum Gasteiger partial charge on any atom is 0.260 e. The summed E-state index contributed by atoms with van der Waals surface area (Å²) >= 11 is 0. The van der Waals surface area contributed by atoms with Crippen LogP contribution in [-0.4, -0.2) is 29.3 Å². The number of rotatable bonds is 6. The van der Waals surface area contributed by atoms with Crippen LogP contribution in [-0.2, 0) is 5.54 Å². The van der Waals surface area contributed by atoms with Crippen molar-refractivity contribution in [2.75, 3.05) is 11.1 Å². The van der Waals surface area contributed by atoms with Crippen LogP contribution >= 0.6 is 0 Å². The Kier molecular flexibility index (Phi) is 6.16. The molecule has 2 aliphatic heterocycles. The van der Waals surface area contributed by atoms with Crippen LogP contribution in [0.25, 0.3) is 0 Å². The van der Waals surface area contributed by atoms with Crippen LogP contribution in [0.5, 0.6) is 23.0 Å². The number of para-hydroxylation sites is 1. The van der Waals surface area contributed by atoms with E-state index in [0.29, 0.717) is 17.1 Å². The van der Waals surface area contributed by atoms with Crippen molar-refractivity contribution in [1.82, 2.24) is 0 Å². The van der Waals surface area contributed by atoms with Crippen molar-refractivity contribution in [3.63, 3.8) is 0 Å². The molecule has 39 heavy (non-hydrogen) atoms. The second kappa shape index (κ2) is 9.43. The average molecular weight is 552 g/mol. The van der Waals surface area contributed by atoms with Gasteiger partial charge in [0.1, 0.15) is 28.5 Å². The predicted octanol–water partition coefficient (Wildman–Crippen LogP) is 7.36. The first-order valence-corrected chi connectivity index (χ1v) is 20.0. The lowest BCUT2D eigenvalue weighted by Gasteiger charge is -2.44. The van der Waals surface area contributed by atoms with Crippen molar-refractivity contribution >= 4 is 28.7 Å². The molecule has 1 spiro atoms. The lowest BCUT2D eigenvalue weighted by atomic mass is 9.74. The Bertz CT molecular complexity index is 1560. The van der Waals surface area contributed by atoms with Gasteiger partial charge < -0.3 is 13.9 Å². The SMILES string of the molecule is C[SiH](C)COc1ccc2c(c1)Oc1cc(O[Si](C)(C)C)ccc1C21c2ccccc2C(=O)N1c1ccccc1. The molecule has 0 N–H and O–H groups in total. The Balaban J connectivity index is 1.64. The van der Waals surface area contributed by atoms with Gasteiger partial charge in [-0.25, -0.2) is 0 Å². The molecular weight excluding hydrogens is 519 g/mol. The van der Waals surface area contributed by atoms with E-state index >= 15 is 0 Å². The lowest BCUT2D eigenvalue weighted by Crippen LogP contribution is -2.47. The molecule has 0 bridgehead atoms. The Morgan fingerprint density at radius 2 is 1.41 bits per heavy atom. The monoisotopic (exact) mass is 551 g/mol. The van der Waals surface area contributed by atoms with Crippen LogP contribution in [0, 0.1) is 0 Å². The Hall–Kier alpha value is -3.82. The minimum Gasteiger partial charge on any atom is -0.544 e. The number of ether oxygens (including phenoxy) is 2. The lowest BCUT2D eigenvalue weighted by molar-refractivity contribution is 0.0985. The number of anilines is 1. The third-order valence-electron chi connectivity index (χ3n) is 7.01. The van der Waals surface area contributed by atoms with E-state index in [9.17, 15) is 4.79 Å². The van der Waals surface area contributed by atoms with Gasteiger partial charge in [0.2, 0.25) is 8.32 Å². The van der Waals surface area contributed by atoms with Crippen molar-refractivity contribution in [3.8, 4) is 23.0 Å². The number of hydrogen-bond donors (Lipinski definition) is 0. The normalized spacial score (nSPS) is 17.5. The molecule has 0 fully saturated rings. The third-order valence-corrected chi connectivity index (χ3v) is 8.69. The molecule has 1 atom stereocenters. The van der Waals surface area contributed by atoms with Crippen molar-refractivity contribution in [1.29, 1.82) is 0 Å². The summed E-state index contributed by atoms with van der Waals surface area (Å²) in [7, 11) is -2.77. The zero-order chi connectivity index (χ0) is 27.4. The highest BCUT2D eigenvalue weighted by Gasteiger charge is 2.57. The molecule has 0 saturated carbocycles. The maximum atomic E-state index is 14.2. The molecule has 1 unspecified atom stereocenters. The van der Waals surface area contributed by atoms with Gasteiger partial charge in [-0.05, 0) is 62.1 Å². The molecule has 5 nitrogen and oxygen atoms in total. The summed E-state index contributed by atoms with van der Waals surface area (Å²) < 4.78 is 19.1. The van der Waals surface area contributed by atoms with E-state index in [0.717, 1.165) is 40.1 Å². The average Bonchev–Trinajstić information content (AvgIpc) is 3.16. The quantitative estimate of drug-likeness (QED) is 0.235. The van der Waals surface area contributed by atoms with Crippen LogP contribution < -0.4 is 18.8 Å². The van der Waals surface area contributed by atoms with Crippen molar-refractivity contribution in [3.05, 3.63) is 113 Å². The largest absolute Gasteiger partial charge is 0.544 e. The second-order valence-electron chi connectivity index (χ2n) is 11.6. The molecule has 6 rings (SSSR count). The van der Waals surface area contributed by atoms with Gasteiger partial charge in [0.15, 0.2) is 0 Å². The fraction of sp³-hybridized carbons (Fsp3) is 0.219. The summed E-state index contributed by atoms with van der Waals surface area (Å²) in [6, 6.07) is 29.9. The van der Waals surface area contributed by atoms with Crippen LogP contribution in [0.15, 0.2) is 91.0 Å². The standard InChI is InChI=1S/C32H33NO4Si2/c1-38(2)21-35-23-15-17-27-29(19-23)36-30-20-24(37-39(3,4)5)16-18-28(30)32(27)26-14-10-9-13-25(26)31(34)33(32)22-11-7-6-8-12-22/h6-20,38H,21H2,1-5H3. The summed E-state index contributed by atoms with van der Waals surface area (Å²) in [5, 5.41) is 0. The highest BCUT2D eigenvalue weighted by Crippen LogP contribution is 2.59. The summed E-state index contributed by atoms with van der Waals surface area (Å²) in [5.41, 5.74) is 3.35. The van der Waals surface area contributed by atoms with E-state index in [2.05, 4.69) is 50.9 Å². The summed E-state index contributed by atoms with van der Waals surface area (Å²) in [5.74, 6) is 2.87. The number of benzene rings is 4. The van der Waals surface area contributed by atoms with E-state index in [1.165, 1.54) is 0 Å². The first-order valence-electron chi connectivity index (χ1n) is 13.5. The highest BCUT2D eigenvalue weighted by atomic mass is 28.4. The zero-order valence-electron chi connectivity index (χ0n) is 23.0. The van der Waals surface area contributed by atoms with E-state index in [4.69, 9.17) is 13.9 Å². The van der Waals surface area contributed by atoms with Gasteiger partial charge in [0, 0.05) is 40.1 Å². The van der Waals surface area contributed by atoms with Gasteiger partial charge in [-0.3, -0.25) is 9.69 Å². The molecule has 2 heterocycles. The first-order chi connectivity index (χ1) is 18.7. The minimum atomic E-state index is -1.86. The molecular formula is C32H33NO4Si2. The van der Waals surface area contributed by atoms with Gasteiger partial charge in [-0.15, -0.1) is 0 Å². The Labute approximate surface area is 232 Å². The molecule has 0 aromatic heterocycles. The van der Waals surface area contributed by atoms with Gasteiger partial charge in [-0.1, -0.05) is 49.5 Å². The summed E-state index contributed by atoms with van der Waals surface area (Å²) in [6.07, 6.45) is 0.742. The molecule has 7 heteroatoms. The Morgan fingerprint density at radius 1 is 0.795 bits per heavy atom. The molecule has 0 aliphatic carbocycles. The topological polar surface area (TPSA) is 48.0 Å². The van der Waals surface area contributed by atoms with Crippen LogP contribution in [0.4, 0.5) is 5.69 Å². The fourth-order valence-electron chi connectivity index (χ4n) is 5.60. The van der Waals surface area contributed by atoms with Crippen molar-refractivity contribution in [2.24, 2.45) is 0 Å². The highest BCUT2D eigenvalue weighted by molar-refractivity contribution is 6.70. The molecule has 0 radical (unpaired) electrons. The third kappa shape index (κ3) is 4.26. The number of amides is 1. The fourth-order valence-corrected chi connectivity index (χ4v) is 6.96. The molecule has 0 saturated heterocycles. The van der Waals surface area contributed by atoms with Gasteiger partial charge >= 0.3 is 0 Å².